The predicted molar refractivity (Wildman–Crippen MR) is 83.3 cm³/mol. The Morgan fingerprint density at radius 2 is 1.86 bits per heavy atom. The summed E-state index contributed by atoms with van der Waals surface area (Å²) >= 11 is 3.31. The molecule has 0 radical (unpaired) electrons. The number of carboxylic acid groups (broad SMARTS) is 1. The average Bonchev–Trinajstić information content (AvgIpc) is 2.36. The van der Waals surface area contributed by atoms with Crippen LogP contribution >= 0.6 is 15.9 Å². The number of aliphatic carboxylic acids is 1. The molecule has 1 rings (SSSR count). The van der Waals surface area contributed by atoms with Gasteiger partial charge < -0.3 is 15.2 Å². The fourth-order valence-electron chi connectivity index (χ4n) is 1.66. The van der Waals surface area contributed by atoms with Gasteiger partial charge in [0.15, 0.2) is 6.61 Å². The number of hydrogen-bond donors (Lipinski definition) is 2. The van der Waals surface area contributed by atoms with Gasteiger partial charge in [0.1, 0.15) is 5.75 Å². The van der Waals surface area contributed by atoms with Crippen LogP contribution in [0.4, 0.5) is 0 Å². The fraction of sp³-hybridized carbons (Fsp3) is 0.467. The predicted octanol–water partition coefficient (Wildman–Crippen LogP) is 2.83. The average molecular weight is 358 g/mol. The number of carbonyl (C=O) groups is 2. The molecule has 1 unspecified atom stereocenters. The van der Waals surface area contributed by atoms with E-state index in [0.29, 0.717) is 5.75 Å². The van der Waals surface area contributed by atoms with Crippen LogP contribution in [0.25, 0.3) is 0 Å². The van der Waals surface area contributed by atoms with Crippen molar-refractivity contribution in [2.24, 2.45) is 5.41 Å². The molecule has 1 aromatic carbocycles. The maximum absolute atomic E-state index is 11.9. The summed E-state index contributed by atoms with van der Waals surface area (Å²) in [4.78, 5) is 22.7. The molecular weight excluding hydrogens is 338 g/mol. The molecule has 2 N–H and O–H groups in total. The number of rotatable bonds is 6. The van der Waals surface area contributed by atoms with E-state index in [0.717, 1.165) is 4.47 Å². The van der Waals surface area contributed by atoms with Crippen LogP contribution < -0.4 is 10.1 Å². The summed E-state index contributed by atoms with van der Waals surface area (Å²) in [7, 11) is 0. The van der Waals surface area contributed by atoms with Gasteiger partial charge in [-0.15, -0.1) is 0 Å². The lowest BCUT2D eigenvalue weighted by Crippen LogP contribution is -2.46. The Hall–Kier alpha value is -1.56. The quantitative estimate of drug-likeness (QED) is 0.820. The fourth-order valence-corrected chi connectivity index (χ4v) is 1.93. The molecule has 0 heterocycles. The summed E-state index contributed by atoms with van der Waals surface area (Å²) < 4.78 is 6.29. The number of carbonyl (C=O) groups excluding carboxylic acids is 1. The van der Waals surface area contributed by atoms with Gasteiger partial charge in [-0.25, -0.2) is 0 Å². The first-order valence-electron chi connectivity index (χ1n) is 6.58. The molecule has 0 spiro atoms. The number of halogens is 1. The van der Waals surface area contributed by atoms with Crippen molar-refractivity contribution in [3.8, 4) is 5.75 Å². The lowest BCUT2D eigenvalue weighted by Gasteiger charge is -2.30. The van der Waals surface area contributed by atoms with E-state index in [-0.39, 0.29) is 24.3 Å². The lowest BCUT2D eigenvalue weighted by molar-refractivity contribution is -0.138. The first-order chi connectivity index (χ1) is 9.68. The van der Waals surface area contributed by atoms with Crippen LogP contribution in [0.15, 0.2) is 28.7 Å². The standard InChI is InChI=1S/C15H20BrNO4/c1-15(2,3)12(8-14(19)20)17-13(18)9-21-11-6-4-10(16)5-7-11/h4-7,12H,8-9H2,1-3H3,(H,17,18)(H,19,20). The second-order valence-corrected chi connectivity index (χ2v) is 6.74. The highest BCUT2D eigenvalue weighted by Gasteiger charge is 2.28. The van der Waals surface area contributed by atoms with Gasteiger partial charge in [-0.1, -0.05) is 36.7 Å². The maximum Gasteiger partial charge on any atom is 0.305 e. The molecule has 21 heavy (non-hydrogen) atoms. The Bertz CT molecular complexity index is 493. The Kier molecular flexibility index (Phi) is 6.20. The molecule has 0 aromatic heterocycles. The van der Waals surface area contributed by atoms with Crippen LogP contribution in [0.1, 0.15) is 27.2 Å². The van der Waals surface area contributed by atoms with Crippen LogP contribution in [-0.4, -0.2) is 29.6 Å². The van der Waals surface area contributed by atoms with Crippen molar-refractivity contribution in [1.29, 1.82) is 0 Å². The van der Waals surface area contributed by atoms with E-state index in [1.807, 2.05) is 32.9 Å². The van der Waals surface area contributed by atoms with Crippen LogP contribution in [0.2, 0.25) is 0 Å². The van der Waals surface area contributed by atoms with Crippen LogP contribution in [0.5, 0.6) is 5.75 Å². The molecule has 0 bridgehead atoms. The van der Waals surface area contributed by atoms with Crippen molar-refractivity contribution in [2.45, 2.75) is 33.2 Å². The van der Waals surface area contributed by atoms with Gasteiger partial charge in [-0.3, -0.25) is 9.59 Å². The molecule has 0 aliphatic carbocycles. The van der Waals surface area contributed by atoms with E-state index >= 15 is 0 Å². The highest BCUT2D eigenvalue weighted by molar-refractivity contribution is 9.10. The van der Waals surface area contributed by atoms with Crippen LogP contribution in [0, 0.1) is 5.41 Å². The Morgan fingerprint density at radius 1 is 1.29 bits per heavy atom. The van der Waals surface area contributed by atoms with Crippen molar-refractivity contribution in [3.63, 3.8) is 0 Å². The zero-order valence-corrected chi connectivity index (χ0v) is 13.9. The molecule has 116 valence electrons. The summed E-state index contributed by atoms with van der Waals surface area (Å²) in [5, 5.41) is 11.6. The number of benzene rings is 1. The molecule has 0 saturated carbocycles. The molecular formula is C15H20BrNO4. The van der Waals surface area contributed by atoms with Crippen molar-refractivity contribution >= 4 is 27.8 Å². The third-order valence-electron chi connectivity index (χ3n) is 2.94. The van der Waals surface area contributed by atoms with Gasteiger partial charge in [-0.05, 0) is 29.7 Å². The topological polar surface area (TPSA) is 75.6 Å². The van der Waals surface area contributed by atoms with E-state index in [2.05, 4.69) is 21.2 Å². The SMILES string of the molecule is CC(C)(C)C(CC(=O)O)NC(=O)COc1ccc(Br)cc1. The van der Waals surface area contributed by atoms with Gasteiger partial charge in [0.25, 0.3) is 5.91 Å². The van der Waals surface area contributed by atoms with E-state index < -0.39 is 12.0 Å². The van der Waals surface area contributed by atoms with Gasteiger partial charge in [0, 0.05) is 10.5 Å². The molecule has 1 amide bonds. The summed E-state index contributed by atoms with van der Waals surface area (Å²) in [6, 6.07) is 6.67. The number of ether oxygens (including phenoxy) is 1. The molecule has 5 nitrogen and oxygen atoms in total. The van der Waals surface area contributed by atoms with Crippen molar-refractivity contribution in [3.05, 3.63) is 28.7 Å². The van der Waals surface area contributed by atoms with Crippen molar-refractivity contribution < 1.29 is 19.4 Å². The highest BCUT2D eigenvalue weighted by atomic mass is 79.9. The number of nitrogens with one attached hydrogen (secondary N) is 1. The normalized spacial score (nSPS) is 12.6. The smallest absolute Gasteiger partial charge is 0.305 e. The second kappa shape index (κ2) is 7.45. The van der Waals surface area contributed by atoms with Crippen LogP contribution in [0.3, 0.4) is 0 Å². The van der Waals surface area contributed by atoms with Gasteiger partial charge >= 0.3 is 5.97 Å². The first kappa shape index (κ1) is 17.5. The number of amides is 1. The molecule has 0 aliphatic rings. The van der Waals surface area contributed by atoms with E-state index in [1.165, 1.54) is 0 Å². The van der Waals surface area contributed by atoms with Crippen LogP contribution in [-0.2, 0) is 9.59 Å². The summed E-state index contributed by atoms with van der Waals surface area (Å²) in [6.07, 6.45) is -0.118. The number of carboxylic acids is 1. The Labute approximate surface area is 132 Å². The highest BCUT2D eigenvalue weighted by Crippen LogP contribution is 2.22. The summed E-state index contributed by atoms with van der Waals surface area (Å²) in [5.41, 5.74) is -0.342. The monoisotopic (exact) mass is 357 g/mol. The van der Waals surface area contributed by atoms with E-state index in [1.54, 1.807) is 12.1 Å². The minimum Gasteiger partial charge on any atom is -0.484 e. The number of hydrogen-bond acceptors (Lipinski definition) is 3. The zero-order valence-electron chi connectivity index (χ0n) is 12.4. The van der Waals surface area contributed by atoms with Gasteiger partial charge in [0.2, 0.25) is 0 Å². The third-order valence-corrected chi connectivity index (χ3v) is 3.47. The summed E-state index contributed by atoms with van der Waals surface area (Å²) in [5.74, 6) is -0.693. The first-order valence-corrected chi connectivity index (χ1v) is 7.37. The molecule has 1 atom stereocenters. The van der Waals surface area contributed by atoms with E-state index in [4.69, 9.17) is 9.84 Å². The lowest BCUT2D eigenvalue weighted by atomic mass is 9.85. The largest absolute Gasteiger partial charge is 0.484 e. The maximum atomic E-state index is 11.9. The molecule has 0 fully saturated rings. The summed E-state index contributed by atoms with van der Waals surface area (Å²) in [6.45, 7) is 5.51. The Balaban J connectivity index is 2.54. The van der Waals surface area contributed by atoms with Gasteiger partial charge in [0.05, 0.1) is 6.42 Å². The second-order valence-electron chi connectivity index (χ2n) is 5.83. The van der Waals surface area contributed by atoms with Crippen molar-refractivity contribution in [1.82, 2.24) is 5.32 Å². The van der Waals surface area contributed by atoms with E-state index in [9.17, 15) is 9.59 Å². The van der Waals surface area contributed by atoms with Crippen molar-refractivity contribution in [2.75, 3.05) is 6.61 Å². The minimum atomic E-state index is -0.941. The third kappa shape index (κ3) is 6.62. The Morgan fingerprint density at radius 3 is 2.33 bits per heavy atom. The molecule has 0 saturated heterocycles. The minimum absolute atomic E-state index is 0.118. The molecule has 6 heteroatoms. The zero-order chi connectivity index (χ0) is 16.0. The molecule has 1 aromatic rings. The molecule has 0 aliphatic heterocycles. The van der Waals surface area contributed by atoms with Gasteiger partial charge in [-0.2, -0.15) is 0 Å².